The molecular weight excluding hydrogens is 199 g/mol. The van der Waals surface area contributed by atoms with Crippen molar-refractivity contribution in [3.8, 4) is 0 Å². The molecule has 14 heavy (non-hydrogen) atoms. The smallest absolute Gasteiger partial charge is 0.165 e. The number of rotatable bonds is 1. The summed E-state index contributed by atoms with van der Waals surface area (Å²) in [6.45, 7) is 0.962. The quantitative estimate of drug-likeness (QED) is 0.704. The van der Waals surface area contributed by atoms with E-state index in [4.69, 9.17) is 0 Å². The number of nitrogens with zero attached hydrogens (tertiary/aromatic N) is 2. The molecule has 1 aromatic rings. The second kappa shape index (κ2) is 3.12. The van der Waals surface area contributed by atoms with Crippen LogP contribution in [0.4, 0.5) is 10.2 Å². The maximum Gasteiger partial charge on any atom is 0.165 e. The first kappa shape index (κ1) is 8.53. The summed E-state index contributed by atoms with van der Waals surface area (Å²) in [5, 5.41) is 0.696. The number of fused-ring (bicyclic) bond motifs is 2. The number of aromatic nitrogens is 1. The summed E-state index contributed by atoms with van der Waals surface area (Å²) in [5.74, 6) is 1.48. The summed E-state index contributed by atoms with van der Waals surface area (Å²) < 4.78 is 13.5. The first-order valence-electron chi connectivity index (χ1n) is 4.83. The summed E-state index contributed by atoms with van der Waals surface area (Å²) in [6, 6.07) is 3.64. The Hall–Kier alpha value is -0.770. The Labute approximate surface area is 86.5 Å². The van der Waals surface area contributed by atoms with E-state index >= 15 is 0 Å². The van der Waals surface area contributed by atoms with E-state index in [0.29, 0.717) is 17.1 Å². The Balaban J connectivity index is 1.93. The van der Waals surface area contributed by atoms with Crippen molar-refractivity contribution in [1.29, 1.82) is 0 Å². The number of halogens is 1. The lowest BCUT2D eigenvalue weighted by Gasteiger charge is -2.27. The molecule has 0 saturated carbocycles. The average Bonchev–Trinajstić information content (AvgIpc) is 2.79. The van der Waals surface area contributed by atoms with Crippen LogP contribution in [0.5, 0.6) is 0 Å². The first-order chi connectivity index (χ1) is 6.84. The van der Waals surface area contributed by atoms with Crippen molar-refractivity contribution in [2.45, 2.75) is 17.7 Å². The van der Waals surface area contributed by atoms with E-state index in [1.54, 1.807) is 12.3 Å². The minimum absolute atomic E-state index is 0.190. The van der Waals surface area contributed by atoms with E-state index in [1.165, 1.54) is 12.5 Å². The molecule has 3 rings (SSSR count). The Morgan fingerprint density at radius 1 is 1.57 bits per heavy atom. The van der Waals surface area contributed by atoms with E-state index in [2.05, 4.69) is 9.88 Å². The average molecular weight is 210 g/mol. The lowest BCUT2D eigenvalue weighted by Crippen LogP contribution is -2.35. The molecule has 0 amide bonds. The third-order valence-electron chi connectivity index (χ3n) is 2.91. The SMILES string of the molecule is Fc1cccnc1N1C[C@@H]2C[C@H]1CS2. The van der Waals surface area contributed by atoms with Crippen molar-refractivity contribution in [3.05, 3.63) is 24.1 Å². The molecule has 0 radical (unpaired) electrons. The van der Waals surface area contributed by atoms with Crippen molar-refractivity contribution < 1.29 is 4.39 Å². The van der Waals surface area contributed by atoms with Gasteiger partial charge in [0.05, 0.1) is 0 Å². The Kier molecular flexibility index (Phi) is 1.90. The van der Waals surface area contributed by atoms with Crippen LogP contribution in [0.25, 0.3) is 0 Å². The highest BCUT2D eigenvalue weighted by Crippen LogP contribution is 2.39. The van der Waals surface area contributed by atoms with E-state index in [-0.39, 0.29) is 5.82 Å². The van der Waals surface area contributed by atoms with Crippen molar-refractivity contribution in [2.75, 3.05) is 17.2 Å². The summed E-state index contributed by atoms with van der Waals surface area (Å²) in [6.07, 6.45) is 2.86. The number of hydrogen-bond acceptors (Lipinski definition) is 3. The highest BCUT2D eigenvalue weighted by molar-refractivity contribution is 8.00. The predicted molar refractivity (Wildman–Crippen MR) is 56.2 cm³/mol. The Morgan fingerprint density at radius 2 is 2.50 bits per heavy atom. The van der Waals surface area contributed by atoms with Gasteiger partial charge in [0.15, 0.2) is 11.6 Å². The van der Waals surface area contributed by atoms with Crippen LogP contribution in [-0.4, -0.2) is 28.6 Å². The van der Waals surface area contributed by atoms with Crippen LogP contribution in [-0.2, 0) is 0 Å². The fourth-order valence-corrected chi connectivity index (χ4v) is 3.68. The van der Waals surface area contributed by atoms with Gasteiger partial charge in [-0.3, -0.25) is 0 Å². The van der Waals surface area contributed by atoms with Gasteiger partial charge >= 0.3 is 0 Å². The maximum atomic E-state index is 13.5. The van der Waals surface area contributed by atoms with Gasteiger partial charge in [0.2, 0.25) is 0 Å². The lowest BCUT2D eigenvalue weighted by atomic mass is 10.2. The number of thioether (sulfide) groups is 1. The molecule has 0 N–H and O–H groups in total. The fraction of sp³-hybridized carbons (Fsp3) is 0.500. The zero-order valence-electron chi connectivity index (χ0n) is 7.69. The van der Waals surface area contributed by atoms with Crippen molar-refractivity contribution in [1.82, 2.24) is 4.98 Å². The Bertz CT molecular complexity index is 358. The van der Waals surface area contributed by atoms with Gasteiger partial charge in [-0.05, 0) is 18.6 Å². The fourth-order valence-electron chi connectivity index (χ4n) is 2.25. The van der Waals surface area contributed by atoms with Crippen LogP contribution < -0.4 is 4.90 Å². The lowest BCUT2D eigenvalue weighted by molar-refractivity contribution is 0.606. The van der Waals surface area contributed by atoms with Gasteiger partial charge in [-0.25, -0.2) is 9.37 Å². The maximum absolute atomic E-state index is 13.5. The first-order valence-corrected chi connectivity index (χ1v) is 5.88. The van der Waals surface area contributed by atoms with E-state index in [1.807, 2.05) is 11.8 Å². The van der Waals surface area contributed by atoms with Gasteiger partial charge in [0.1, 0.15) is 0 Å². The largest absolute Gasteiger partial charge is 0.349 e. The van der Waals surface area contributed by atoms with Gasteiger partial charge in [0.25, 0.3) is 0 Å². The van der Waals surface area contributed by atoms with Crippen molar-refractivity contribution >= 4 is 17.6 Å². The van der Waals surface area contributed by atoms with Gasteiger partial charge in [-0.2, -0.15) is 11.8 Å². The minimum atomic E-state index is -0.190. The second-order valence-corrected chi connectivity index (χ2v) is 5.14. The van der Waals surface area contributed by atoms with E-state index < -0.39 is 0 Å². The third kappa shape index (κ3) is 1.21. The van der Waals surface area contributed by atoms with Crippen LogP contribution in [0, 0.1) is 5.82 Å². The third-order valence-corrected chi connectivity index (χ3v) is 4.30. The van der Waals surface area contributed by atoms with Gasteiger partial charge in [-0.15, -0.1) is 0 Å². The molecule has 2 aliphatic heterocycles. The summed E-state index contributed by atoms with van der Waals surface area (Å²) >= 11 is 2.00. The van der Waals surface area contributed by atoms with Crippen LogP contribution in [0.15, 0.2) is 18.3 Å². The second-order valence-electron chi connectivity index (χ2n) is 3.81. The molecule has 2 atom stereocenters. The molecule has 4 heteroatoms. The molecule has 2 aliphatic rings. The van der Waals surface area contributed by atoms with Gasteiger partial charge in [-0.1, -0.05) is 0 Å². The monoisotopic (exact) mass is 210 g/mol. The molecule has 2 bridgehead atoms. The predicted octanol–water partition coefficient (Wildman–Crippen LogP) is 1.91. The zero-order chi connectivity index (χ0) is 9.54. The molecule has 74 valence electrons. The standard InChI is InChI=1S/C10H11FN2S/c11-9-2-1-3-12-10(9)13-5-8-4-7(13)6-14-8/h1-3,7-8H,4-6H2/t7-,8-/m0/s1. The molecule has 2 saturated heterocycles. The molecule has 1 aromatic heterocycles. The minimum Gasteiger partial charge on any atom is -0.349 e. The molecule has 3 heterocycles. The molecule has 2 nitrogen and oxygen atoms in total. The summed E-state index contributed by atoms with van der Waals surface area (Å²) in [5.41, 5.74) is 0. The number of hydrogen-bond donors (Lipinski definition) is 0. The number of pyridine rings is 1. The summed E-state index contributed by atoms with van der Waals surface area (Å²) in [7, 11) is 0. The van der Waals surface area contributed by atoms with Crippen molar-refractivity contribution in [3.63, 3.8) is 0 Å². The van der Waals surface area contributed by atoms with Gasteiger partial charge in [0, 0.05) is 29.8 Å². The highest BCUT2D eigenvalue weighted by Gasteiger charge is 2.39. The molecule has 0 unspecified atom stereocenters. The van der Waals surface area contributed by atoms with E-state index in [9.17, 15) is 4.39 Å². The van der Waals surface area contributed by atoms with Gasteiger partial charge < -0.3 is 4.90 Å². The molecule has 0 aromatic carbocycles. The number of anilines is 1. The van der Waals surface area contributed by atoms with Crippen LogP contribution in [0.3, 0.4) is 0 Å². The van der Waals surface area contributed by atoms with Crippen LogP contribution in [0.1, 0.15) is 6.42 Å². The normalized spacial score (nSPS) is 29.9. The molecular formula is C10H11FN2S. The van der Waals surface area contributed by atoms with Crippen LogP contribution in [0.2, 0.25) is 0 Å². The molecule has 2 fully saturated rings. The van der Waals surface area contributed by atoms with Crippen LogP contribution >= 0.6 is 11.8 Å². The zero-order valence-corrected chi connectivity index (χ0v) is 8.51. The highest BCUT2D eigenvalue weighted by atomic mass is 32.2. The molecule has 0 aliphatic carbocycles. The molecule has 0 spiro atoms. The van der Waals surface area contributed by atoms with E-state index in [0.717, 1.165) is 12.3 Å². The topological polar surface area (TPSA) is 16.1 Å². The van der Waals surface area contributed by atoms with Crippen molar-refractivity contribution in [2.24, 2.45) is 0 Å². The summed E-state index contributed by atoms with van der Waals surface area (Å²) in [4.78, 5) is 6.24. The Morgan fingerprint density at radius 3 is 3.14 bits per heavy atom.